The predicted octanol–water partition coefficient (Wildman–Crippen LogP) is 1.80. The van der Waals surface area contributed by atoms with Gasteiger partial charge in [-0.3, -0.25) is 4.68 Å². The van der Waals surface area contributed by atoms with Crippen LogP contribution in [0.1, 0.15) is 30.9 Å². The molecule has 2 aromatic heterocycles. The van der Waals surface area contributed by atoms with Crippen LogP contribution < -0.4 is 20.7 Å². The molecule has 3 aromatic rings. The highest BCUT2D eigenvalue weighted by atomic mass is 16.5. The number of aliphatic hydroxyl groups excluding tert-OH is 1. The smallest absolute Gasteiger partial charge is 0.222 e. The number of nitrogens with two attached hydrogens (primary N) is 1. The quantitative estimate of drug-likeness (QED) is 0.311. The van der Waals surface area contributed by atoms with Gasteiger partial charge < -0.3 is 30.5 Å². The number of methoxy groups -OCH3 is 2. The van der Waals surface area contributed by atoms with Gasteiger partial charge in [-0.15, -0.1) is 0 Å². The van der Waals surface area contributed by atoms with Crippen LogP contribution in [-0.2, 0) is 17.8 Å². The molecule has 0 aliphatic rings. The van der Waals surface area contributed by atoms with Gasteiger partial charge in [-0.05, 0) is 18.1 Å². The first kappa shape index (κ1) is 24.7. The predicted molar refractivity (Wildman–Crippen MR) is 130 cm³/mol. The number of ether oxygens (including phenoxy) is 2. The molecule has 0 aliphatic heterocycles. The first-order valence-electron chi connectivity index (χ1n) is 11.3. The fourth-order valence-electron chi connectivity index (χ4n) is 3.67. The molecular weight excluding hydrogens is 422 g/mol. The summed E-state index contributed by atoms with van der Waals surface area (Å²) in [5.74, 6) is 1.65. The average molecular weight is 458 g/mol. The summed E-state index contributed by atoms with van der Waals surface area (Å²) in [4.78, 5) is 10.8. The van der Waals surface area contributed by atoms with Crippen molar-refractivity contribution in [1.82, 2.24) is 25.1 Å². The van der Waals surface area contributed by atoms with Crippen molar-refractivity contribution in [2.75, 3.05) is 57.7 Å². The van der Waals surface area contributed by atoms with Crippen LogP contribution in [0.3, 0.4) is 0 Å². The van der Waals surface area contributed by atoms with E-state index in [1.807, 2.05) is 21.8 Å². The third kappa shape index (κ3) is 6.53. The Morgan fingerprint density at radius 2 is 2.06 bits per heavy atom. The molecule has 33 heavy (non-hydrogen) atoms. The number of benzene rings is 1. The number of hydrogen-bond donors (Lipinski definition) is 3. The Kier molecular flexibility index (Phi) is 9.23. The largest absolute Gasteiger partial charge is 0.496 e. The number of hydrogen-bond acceptors (Lipinski definition) is 9. The number of rotatable bonds is 14. The maximum absolute atomic E-state index is 9.53. The van der Waals surface area contributed by atoms with Gasteiger partial charge in [0.2, 0.25) is 5.95 Å². The average Bonchev–Trinajstić information content (AvgIpc) is 3.21. The zero-order chi connectivity index (χ0) is 23.6. The topological polar surface area (TPSA) is 124 Å². The molecule has 0 atom stereocenters. The molecule has 0 amide bonds. The molecule has 0 unspecified atom stereocenters. The molecule has 0 bridgehead atoms. The zero-order valence-corrected chi connectivity index (χ0v) is 19.8. The highest BCUT2D eigenvalue weighted by molar-refractivity contribution is 5.86. The number of unbranched alkanes of at least 4 members (excludes halogenated alkanes) is 1. The number of aliphatic hydroxyl groups is 1. The van der Waals surface area contributed by atoms with Gasteiger partial charge >= 0.3 is 0 Å². The van der Waals surface area contributed by atoms with Gasteiger partial charge in [0.25, 0.3) is 0 Å². The van der Waals surface area contributed by atoms with Crippen LogP contribution in [0.15, 0.2) is 24.4 Å². The summed E-state index contributed by atoms with van der Waals surface area (Å²) in [7, 11) is 3.36. The minimum atomic E-state index is 0.0275. The minimum Gasteiger partial charge on any atom is -0.496 e. The second-order valence-corrected chi connectivity index (χ2v) is 7.85. The van der Waals surface area contributed by atoms with Crippen molar-refractivity contribution in [3.8, 4) is 5.75 Å². The maximum atomic E-state index is 9.53. The van der Waals surface area contributed by atoms with Crippen molar-refractivity contribution in [3.63, 3.8) is 0 Å². The highest BCUT2D eigenvalue weighted by Gasteiger charge is 2.17. The number of aromatic nitrogens is 4. The van der Waals surface area contributed by atoms with E-state index in [9.17, 15) is 5.11 Å². The number of anilines is 2. The molecule has 0 radical (unpaired) electrons. The fraction of sp³-hybridized carbons (Fsp3) is 0.522. The summed E-state index contributed by atoms with van der Waals surface area (Å²) < 4.78 is 12.5. The monoisotopic (exact) mass is 457 g/mol. The summed E-state index contributed by atoms with van der Waals surface area (Å²) in [5, 5.41) is 17.6. The van der Waals surface area contributed by atoms with Crippen molar-refractivity contribution in [2.24, 2.45) is 0 Å². The molecule has 2 heterocycles. The summed E-state index contributed by atoms with van der Waals surface area (Å²) >= 11 is 0. The van der Waals surface area contributed by atoms with Gasteiger partial charge in [0.15, 0.2) is 11.3 Å². The van der Waals surface area contributed by atoms with Crippen LogP contribution >= 0.6 is 0 Å². The van der Waals surface area contributed by atoms with Gasteiger partial charge in [-0.25, -0.2) is 4.98 Å². The molecule has 3 rings (SSSR count). The first-order chi connectivity index (χ1) is 16.1. The molecule has 180 valence electrons. The van der Waals surface area contributed by atoms with Crippen LogP contribution in [0.2, 0.25) is 0 Å². The third-order valence-corrected chi connectivity index (χ3v) is 5.36. The summed E-state index contributed by atoms with van der Waals surface area (Å²) in [5.41, 5.74) is 9.48. The molecule has 1 aromatic carbocycles. The molecule has 0 spiro atoms. The van der Waals surface area contributed by atoms with Crippen molar-refractivity contribution in [1.29, 1.82) is 0 Å². The second-order valence-electron chi connectivity index (χ2n) is 7.85. The van der Waals surface area contributed by atoms with E-state index < -0.39 is 0 Å². The van der Waals surface area contributed by atoms with E-state index in [2.05, 4.69) is 34.3 Å². The number of nitrogens with zero attached hydrogens (tertiary/aromatic N) is 5. The Morgan fingerprint density at radius 1 is 1.21 bits per heavy atom. The maximum Gasteiger partial charge on any atom is 0.222 e. The van der Waals surface area contributed by atoms with Crippen molar-refractivity contribution < 1.29 is 14.6 Å². The van der Waals surface area contributed by atoms with E-state index in [1.165, 1.54) is 0 Å². The van der Waals surface area contributed by atoms with Gasteiger partial charge in [-0.1, -0.05) is 25.5 Å². The van der Waals surface area contributed by atoms with Crippen LogP contribution in [0.25, 0.3) is 11.0 Å². The molecular formula is C23H35N7O3. The van der Waals surface area contributed by atoms with E-state index in [0.717, 1.165) is 49.4 Å². The van der Waals surface area contributed by atoms with Gasteiger partial charge in [0.05, 0.1) is 33.1 Å². The standard InChI is InChI=1S/C23H35N7O3/c1-4-5-9-29(10-11-31)22-21-19(26-23(24)27-22)16-30(28-21)15-18-7-6-17(13-20(18)33-3)14-25-8-12-32-2/h6-7,13,16,25,31H,4-5,8-12,14-15H2,1-3H3,(H2,24,26). The van der Waals surface area contributed by atoms with Crippen molar-refractivity contribution >= 4 is 22.8 Å². The zero-order valence-electron chi connectivity index (χ0n) is 19.8. The Morgan fingerprint density at radius 3 is 2.79 bits per heavy atom. The van der Waals surface area contributed by atoms with E-state index in [-0.39, 0.29) is 12.6 Å². The number of nitrogens with one attached hydrogen (secondary N) is 1. The lowest BCUT2D eigenvalue weighted by molar-refractivity contribution is 0.199. The van der Waals surface area contributed by atoms with Gasteiger partial charge in [0.1, 0.15) is 11.3 Å². The third-order valence-electron chi connectivity index (χ3n) is 5.36. The SMILES string of the molecule is CCCCN(CCO)c1nc(N)nc2cn(Cc3ccc(CNCCOC)cc3OC)nc12. The molecule has 10 heteroatoms. The van der Waals surface area contributed by atoms with Crippen LogP contribution in [0, 0.1) is 0 Å². The molecule has 0 aliphatic carbocycles. The van der Waals surface area contributed by atoms with Crippen LogP contribution in [0.4, 0.5) is 11.8 Å². The molecule has 0 fully saturated rings. The molecule has 0 saturated carbocycles. The van der Waals surface area contributed by atoms with Crippen LogP contribution in [0.5, 0.6) is 5.75 Å². The Labute approximate surface area is 194 Å². The molecule has 10 nitrogen and oxygen atoms in total. The lowest BCUT2D eigenvalue weighted by Crippen LogP contribution is -2.29. The molecule has 4 N–H and O–H groups in total. The number of fused-ring (bicyclic) bond motifs is 1. The minimum absolute atomic E-state index is 0.0275. The fourth-order valence-corrected chi connectivity index (χ4v) is 3.67. The highest BCUT2D eigenvalue weighted by Crippen LogP contribution is 2.26. The number of nitrogen functional groups attached to an aromatic ring is 1. The van der Waals surface area contributed by atoms with E-state index in [0.29, 0.717) is 36.5 Å². The Hall–Kier alpha value is -2.95. The van der Waals surface area contributed by atoms with E-state index in [1.54, 1.807) is 14.2 Å². The van der Waals surface area contributed by atoms with Crippen LogP contribution in [-0.4, -0.2) is 71.9 Å². The Balaban J connectivity index is 1.84. The first-order valence-corrected chi connectivity index (χ1v) is 11.3. The normalized spacial score (nSPS) is 11.3. The van der Waals surface area contributed by atoms with E-state index in [4.69, 9.17) is 20.3 Å². The summed E-state index contributed by atoms with van der Waals surface area (Å²) in [6.45, 7) is 6.11. The summed E-state index contributed by atoms with van der Waals surface area (Å²) in [6.07, 6.45) is 3.89. The van der Waals surface area contributed by atoms with E-state index >= 15 is 0 Å². The Bertz CT molecular complexity index is 1020. The van der Waals surface area contributed by atoms with Gasteiger partial charge in [0, 0.05) is 38.9 Å². The van der Waals surface area contributed by atoms with Gasteiger partial charge in [-0.2, -0.15) is 10.1 Å². The molecule has 0 saturated heterocycles. The van der Waals surface area contributed by atoms with Crippen molar-refractivity contribution in [3.05, 3.63) is 35.5 Å². The van der Waals surface area contributed by atoms with Crippen molar-refractivity contribution in [2.45, 2.75) is 32.9 Å². The lowest BCUT2D eigenvalue weighted by atomic mass is 10.1. The lowest BCUT2D eigenvalue weighted by Gasteiger charge is -2.22. The summed E-state index contributed by atoms with van der Waals surface area (Å²) in [6, 6.07) is 6.17. The second kappa shape index (κ2) is 12.3.